The van der Waals surface area contributed by atoms with Crippen molar-refractivity contribution < 1.29 is 14.7 Å². The lowest BCUT2D eigenvalue weighted by molar-refractivity contribution is -0.138. The summed E-state index contributed by atoms with van der Waals surface area (Å²) in [6.45, 7) is 1.20. The summed E-state index contributed by atoms with van der Waals surface area (Å²) in [5.41, 5.74) is 13.1. The first-order valence-corrected chi connectivity index (χ1v) is 8.42. The van der Waals surface area contributed by atoms with Crippen LogP contribution in [-0.4, -0.2) is 53.9 Å². The summed E-state index contributed by atoms with van der Waals surface area (Å²) in [5, 5.41) is 14.4. The average Bonchev–Trinajstić information content (AvgIpc) is 2.65. The van der Waals surface area contributed by atoms with Crippen LogP contribution in [0.3, 0.4) is 0 Å². The Labute approximate surface area is 151 Å². The zero-order chi connectivity index (χ0) is 18.9. The highest BCUT2D eigenvalue weighted by Crippen LogP contribution is 2.19. The van der Waals surface area contributed by atoms with Crippen molar-refractivity contribution in [3.8, 4) is 0 Å². The Hall–Kier alpha value is -2.94. The van der Waals surface area contributed by atoms with E-state index < -0.39 is 17.9 Å². The van der Waals surface area contributed by atoms with Crippen LogP contribution in [0.15, 0.2) is 28.9 Å². The lowest BCUT2D eigenvalue weighted by atomic mass is 10.1. The predicted octanol–water partition coefficient (Wildman–Crippen LogP) is -0.576. The molecule has 0 fully saturated rings. The number of aromatic nitrogens is 1. The molecule has 0 aromatic carbocycles. The minimum absolute atomic E-state index is 0.141. The SMILES string of the molecule is NC=C(C=NCCc1ccc2c(n1)NCCC2)C(=O)NC[C@H](N)C(=O)O. The fraction of sp³-hybridized carbons (Fsp3) is 0.412. The summed E-state index contributed by atoms with van der Waals surface area (Å²) in [6, 6.07) is 2.90. The Morgan fingerprint density at radius 1 is 1.46 bits per heavy atom. The first-order chi connectivity index (χ1) is 12.5. The number of fused-ring (bicyclic) bond motifs is 1. The van der Waals surface area contributed by atoms with Crippen LogP contribution in [0.4, 0.5) is 5.82 Å². The number of nitrogens with two attached hydrogens (primary N) is 2. The number of hydrogen-bond donors (Lipinski definition) is 5. The van der Waals surface area contributed by atoms with Crippen molar-refractivity contribution in [2.75, 3.05) is 25.0 Å². The van der Waals surface area contributed by atoms with E-state index in [1.54, 1.807) is 0 Å². The molecule has 0 saturated heterocycles. The summed E-state index contributed by atoms with van der Waals surface area (Å²) in [5.74, 6) is -0.775. The second-order valence-corrected chi connectivity index (χ2v) is 5.90. The Balaban J connectivity index is 1.82. The number of rotatable bonds is 8. The van der Waals surface area contributed by atoms with E-state index in [1.807, 2.05) is 6.07 Å². The normalized spacial score (nSPS) is 15.2. The highest BCUT2D eigenvalue weighted by atomic mass is 16.4. The molecule has 9 nitrogen and oxygen atoms in total. The van der Waals surface area contributed by atoms with Crippen LogP contribution in [0.1, 0.15) is 17.7 Å². The lowest BCUT2D eigenvalue weighted by Crippen LogP contribution is -2.43. The van der Waals surface area contributed by atoms with Gasteiger partial charge in [0, 0.05) is 44.2 Å². The third-order valence-corrected chi connectivity index (χ3v) is 3.92. The van der Waals surface area contributed by atoms with Crippen LogP contribution in [0, 0.1) is 0 Å². The van der Waals surface area contributed by atoms with E-state index in [9.17, 15) is 9.59 Å². The van der Waals surface area contributed by atoms with Gasteiger partial charge in [-0.05, 0) is 24.5 Å². The van der Waals surface area contributed by atoms with Gasteiger partial charge >= 0.3 is 5.97 Å². The number of anilines is 1. The minimum Gasteiger partial charge on any atom is -0.480 e. The maximum atomic E-state index is 11.9. The lowest BCUT2D eigenvalue weighted by Gasteiger charge is -2.17. The molecule has 0 spiro atoms. The van der Waals surface area contributed by atoms with Gasteiger partial charge in [-0.15, -0.1) is 0 Å². The second-order valence-electron chi connectivity index (χ2n) is 5.90. The Morgan fingerprint density at radius 3 is 3.00 bits per heavy atom. The van der Waals surface area contributed by atoms with Crippen molar-refractivity contribution in [2.45, 2.75) is 25.3 Å². The third kappa shape index (κ3) is 5.55. The highest BCUT2D eigenvalue weighted by Gasteiger charge is 2.14. The molecule has 1 aliphatic rings. The fourth-order valence-corrected chi connectivity index (χ4v) is 2.42. The van der Waals surface area contributed by atoms with Gasteiger partial charge in [-0.1, -0.05) is 6.07 Å². The molecule has 0 aliphatic carbocycles. The van der Waals surface area contributed by atoms with Crippen LogP contribution in [0.2, 0.25) is 0 Å². The summed E-state index contributed by atoms with van der Waals surface area (Å²) >= 11 is 0. The minimum atomic E-state index is -1.19. The van der Waals surface area contributed by atoms with Crippen molar-refractivity contribution >= 4 is 23.9 Å². The van der Waals surface area contributed by atoms with Crippen LogP contribution in [0.5, 0.6) is 0 Å². The molecule has 0 unspecified atom stereocenters. The van der Waals surface area contributed by atoms with Crippen molar-refractivity contribution in [1.29, 1.82) is 0 Å². The van der Waals surface area contributed by atoms with E-state index in [0.29, 0.717) is 13.0 Å². The van der Waals surface area contributed by atoms with Gasteiger partial charge in [-0.3, -0.25) is 14.6 Å². The molecule has 2 rings (SSSR count). The largest absolute Gasteiger partial charge is 0.480 e. The van der Waals surface area contributed by atoms with Crippen LogP contribution in [0.25, 0.3) is 0 Å². The number of carboxylic acids is 1. The summed E-state index contributed by atoms with van der Waals surface area (Å²) in [6.07, 6.45) is 5.27. The van der Waals surface area contributed by atoms with Crippen LogP contribution in [-0.2, 0) is 22.4 Å². The zero-order valence-corrected chi connectivity index (χ0v) is 14.4. The number of aliphatic carboxylic acids is 1. The molecule has 1 atom stereocenters. The summed E-state index contributed by atoms with van der Waals surface area (Å²) in [4.78, 5) is 31.3. The van der Waals surface area contributed by atoms with E-state index >= 15 is 0 Å². The number of carboxylic acid groups (broad SMARTS) is 1. The summed E-state index contributed by atoms with van der Waals surface area (Å²) < 4.78 is 0. The molecule has 1 amide bonds. The topological polar surface area (TPSA) is 156 Å². The maximum absolute atomic E-state index is 11.9. The van der Waals surface area contributed by atoms with Crippen LogP contribution < -0.4 is 22.1 Å². The summed E-state index contributed by atoms with van der Waals surface area (Å²) in [7, 11) is 0. The second kappa shape index (κ2) is 9.52. The number of nitrogens with one attached hydrogen (secondary N) is 2. The first kappa shape index (κ1) is 19.4. The number of carbonyl (C=O) groups excluding carboxylic acids is 1. The van der Waals surface area contributed by atoms with Gasteiger partial charge in [0.25, 0.3) is 5.91 Å². The van der Waals surface area contributed by atoms with E-state index in [0.717, 1.165) is 37.1 Å². The van der Waals surface area contributed by atoms with Gasteiger partial charge < -0.3 is 27.2 Å². The number of pyridine rings is 1. The molecule has 26 heavy (non-hydrogen) atoms. The number of nitrogens with zero attached hydrogens (tertiary/aromatic N) is 2. The Kier molecular flexibility index (Phi) is 7.10. The molecule has 1 aliphatic heterocycles. The molecule has 1 aromatic rings. The number of hydrogen-bond acceptors (Lipinski definition) is 7. The molecule has 9 heteroatoms. The Bertz CT molecular complexity index is 716. The Morgan fingerprint density at radius 2 is 2.27 bits per heavy atom. The van der Waals surface area contributed by atoms with Crippen molar-refractivity contribution in [3.63, 3.8) is 0 Å². The average molecular weight is 360 g/mol. The van der Waals surface area contributed by atoms with Gasteiger partial charge in [0.2, 0.25) is 0 Å². The fourth-order valence-electron chi connectivity index (χ4n) is 2.42. The smallest absolute Gasteiger partial charge is 0.322 e. The first-order valence-electron chi connectivity index (χ1n) is 8.42. The number of aliphatic imine (C=N–C) groups is 1. The maximum Gasteiger partial charge on any atom is 0.322 e. The molecule has 2 heterocycles. The predicted molar refractivity (Wildman–Crippen MR) is 99.0 cm³/mol. The van der Waals surface area contributed by atoms with Gasteiger partial charge in [0.15, 0.2) is 0 Å². The number of amides is 1. The van der Waals surface area contributed by atoms with Gasteiger partial charge in [0.1, 0.15) is 11.9 Å². The molecule has 140 valence electrons. The molecule has 0 saturated carbocycles. The number of aryl methyl sites for hydroxylation is 1. The van der Waals surface area contributed by atoms with Gasteiger partial charge in [0.05, 0.1) is 5.57 Å². The van der Waals surface area contributed by atoms with E-state index in [-0.39, 0.29) is 12.1 Å². The molecular weight excluding hydrogens is 336 g/mol. The van der Waals surface area contributed by atoms with E-state index in [2.05, 4.69) is 26.7 Å². The molecule has 0 bridgehead atoms. The standard InChI is InChI=1S/C17H24N6O3/c18-8-12(16(24)22-10-14(19)17(25)26)9-20-7-5-13-4-3-11-2-1-6-21-15(11)23-13/h3-4,8-9,14H,1-2,5-7,10,18-19H2,(H,21,23)(H,22,24)(H,25,26)/t14-/m0/s1. The van der Waals surface area contributed by atoms with Gasteiger partial charge in [-0.25, -0.2) is 4.98 Å². The zero-order valence-electron chi connectivity index (χ0n) is 14.4. The molecular formula is C17H24N6O3. The van der Waals surface area contributed by atoms with Gasteiger partial charge in [-0.2, -0.15) is 0 Å². The molecule has 0 radical (unpaired) electrons. The molecule has 7 N–H and O–H groups in total. The van der Waals surface area contributed by atoms with Crippen LogP contribution >= 0.6 is 0 Å². The van der Waals surface area contributed by atoms with Crippen molar-refractivity contribution in [2.24, 2.45) is 16.5 Å². The van der Waals surface area contributed by atoms with E-state index in [4.69, 9.17) is 16.6 Å². The van der Waals surface area contributed by atoms with Crippen molar-refractivity contribution in [1.82, 2.24) is 10.3 Å². The highest BCUT2D eigenvalue weighted by molar-refractivity contribution is 6.12. The quantitative estimate of drug-likeness (QED) is 0.307. The third-order valence-electron chi connectivity index (χ3n) is 3.92. The molecule has 1 aromatic heterocycles. The van der Waals surface area contributed by atoms with Crippen molar-refractivity contribution in [3.05, 3.63) is 35.2 Å². The van der Waals surface area contributed by atoms with E-state index in [1.165, 1.54) is 11.8 Å². The number of carbonyl (C=O) groups is 2. The monoisotopic (exact) mass is 360 g/mol.